The Morgan fingerprint density at radius 3 is 2.33 bits per heavy atom. The number of aromatic hydroxyl groups is 1. The molecular formula is C11H16BNO2. The second-order valence-corrected chi connectivity index (χ2v) is 3.52. The molecule has 0 fully saturated rings. The largest absolute Gasteiger partial charge is 0.508 e. The van der Waals surface area contributed by atoms with Crippen LogP contribution in [0.3, 0.4) is 0 Å². The van der Waals surface area contributed by atoms with Gasteiger partial charge in [0.15, 0.2) is 5.78 Å². The third-order valence-electron chi connectivity index (χ3n) is 1.35. The van der Waals surface area contributed by atoms with E-state index in [1.54, 1.807) is 12.1 Å². The van der Waals surface area contributed by atoms with Crippen LogP contribution in [0.2, 0.25) is 6.32 Å². The molecule has 1 aromatic carbocycles. The van der Waals surface area contributed by atoms with Crippen molar-refractivity contribution >= 4 is 13.6 Å². The van der Waals surface area contributed by atoms with Gasteiger partial charge in [-0.3, -0.25) is 4.79 Å². The predicted octanol–water partition coefficient (Wildman–Crippen LogP) is 1.34. The molecule has 0 aliphatic rings. The number of hydrogen-bond acceptors (Lipinski definition) is 3. The van der Waals surface area contributed by atoms with Gasteiger partial charge in [0.05, 0.1) is 7.85 Å². The fourth-order valence-electron chi connectivity index (χ4n) is 0.797. The number of carbonyl (C=O) groups is 1. The normalized spacial score (nSPS) is 9.33. The van der Waals surface area contributed by atoms with Crippen LogP contribution in [-0.2, 0) is 0 Å². The van der Waals surface area contributed by atoms with E-state index in [9.17, 15) is 4.79 Å². The zero-order chi connectivity index (χ0) is 11.8. The molecule has 80 valence electrons. The maximum absolute atomic E-state index is 10.9. The Balaban J connectivity index is 0.000000423. The number of phenolic OH excluding ortho intramolecular Hbond substituents is 1. The molecule has 0 aliphatic heterocycles. The summed E-state index contributed by atoms with van der Waals surface area (Å²) in [6.45, 7) is 0. The van der Waals surface area contributed by atoms with Crippen LogP contribution < -0.4 is 0 Å². The smallest absolute Gasteiger partial charge is 0.154 e. The number of ketones is 1. The van der Waals surface area contributed by atoms with E-state index >= 15 is 0 Å². The minimum atomic E-state index is -0.166. The molecule has 1 rings (SSSR count). The van der Waals surface area contributed by atoms with Crippen LogP contribution in [0.4, 0.5) is 0 Å². The van der Waals surface area contributed by atoms with Crippen LogP contribution >= 0.6 is 0 Å². The SMILES string of the molecule is CN(C)C.[B]CC(=O)c1cccc(O)c1. The van der Waals surface area contributed by atoms with E-state index in [0.717, 1.165) is 0 Å². The molecule has 2 radical (unpaired) electrons. The van der Waals surface area contributed by atoms with Gasteiger partial charge in [-0.15, -0.1) is 0 Å². The zero-order valence-electron chi connectivity index (χ0n) is 9.40. The quantitative estimate of drug-likeness (QED) is 0.585. The van der Waals surface area contributed by atoms with Gasteiger partial charge in [-0.2, -0.15) is 0 Å². The van der Waals surface area contributed by atoms with E-state index in [1.807, 2.05) is 26.0 Å². The lowest BCUT2D eigenvalue weighted by atomic mass is 9.96. The predicted molar refractivity (Wildman–Crippen MR) is 62.6 cm³/mol. The van der Waals surface area contributed by atoms with Crippen molar-refractivity contribution in [1.29, 1.82) is 0 Å². The van der Waals surface area contributed by atoms with Crippen LogP contribution in [0.1, 0.15) is 10.4 Å². The van der Waals surface area contributed by atoms with Gasteiger partial charge in [-0.05, 0) is 39.6 Å². The van der Waals surface area contributed by atoms with Crippen molar-refractivity contribution in [1.82, 2.24) is 4.90 Å². The maximum Gasteiger partial charge on any atom is 0.154 e. The van der Waals surface area contributed by atoms with Crippen molar-refractivity contribution < 1.29 is 9.90 Å². The summed E-state index contributed by atoms with van der Waals surface area (Å²) in [5, 5.41) is 8.96. The van der Waals surface area contributed by atoms with Crippen molar-refractivity contribution in [2.45, 2.75) is 6.32 Å². The minimum absolute atomic E-state index is 0.0244. The summed E-state index contributed by atoms with van der Waals surface area (Å²) in [5.41, 5.74) is 0.451. The van der Waals surface area contributed by atoms with Gasteiger partial charge in [-0.1, -0.05) is 12.1 Å². The fraction of sp³-hybridized carbons (Fsp3) is 0.364. The first-order valence-electron chi connectivity index (χ1n) is 4.60. The van der Waals surface area contributed by atoms with Gasteiger partial charge in [0.1, 0.15) is 5.75 Å². The molecule has 0 unspecified atom stereocenters. The molecule has 4 heteroatoms. The van der Waals surface area contributed by atoms with Gasteiger partial charge in [0, 0.05) is 5.56 Å². The zero-order valence-corrected chi connectivity index (χ0v) is 9.40. The number of hydrogen-bond donors (Lipinski definition) is 1. The van der Waals surface area contributed by atoms with Gasteiger partial charge in [0.25, 0.3) is 0 Å². The first-order chi connectivity index (χ1) is 6.97. The second kappa shape index (κ2) is 7.07. The molecule has 0 saturated heterocycles. The first kappa shape index (κ1) is 13.7. The summed E-state index contributed by atoms with van der Waals surface area (Å²) in [6, 6.07) is 6.13. The van der Waals surface area contributed by atoms with Gasteiger partial charge < -0.3 is 10.0 Å². The summed E-state index contributed by atoms with van der Waals surface area (Å²) in [5.74, 6) is -0.0785. The van der Waals surface area contributed by atoms with Crippen LogP contribution in [0.25, 0.3) is 0 Å². The number of Topliss-reactive ketones (excluding diaryl/α,β-unsaturated/α-hetero) is 1. The van der Waals surface area contributed by atoms with Crippen molar-refractivity contribution in [3.63, 3.8) is 0 Å². The first-order valence-corrected chi connectivity index (χ1v) is 4.60. The molecule has 0 bridgehead atoms. The fourth-order valence-corrected chi connectivity index (χ4v) is 0.797. The number of phenols is 1. The topological polar surface area (TPSA) is 40.5 Å². The Kier molecular flexibility index (Phi) is 6.46. The lowest BCUT2D eigenvalue weighted by Gasteiger charge is -1.96. The van der Waals surface area contributed by atoms with E-state index in [4.69, 9.17) is 13.0 Å². The molecule has 0 atom stereocenters. The van der Waals surface area contributed by atoms with Crippen molar-refractivity contribution in [3.05, 3.63) is 29.8 Å². The third-order valence-corrected chi connectivity index (χ3v) is 1.35. The molecule has 1 aromatic rings. The molecule has 0 heterocycles. The lowest BCUT2D eigenvalue weighted by molar-refractivity contribution is 0.101. The van der Waals surface area contributed by atoms with E-state index in [0.29, 0.717) is 5.56 Å². The summed E-state index contributed by atoms with van der Waals surface area (Å²) < 4.78 is 0. The van der Waals surface area contributed by atoms with Crippen molar-refractivity contribution in [2.75, 3.05) is 21.1 Å². The second-order valence-electron chi connectivity index (χ2n) is 3.52. The highest BCUT2D eigenvalue weighted by Gasteiger charge is 2.01. The number of carbonyl (C=O) groups excluding carboxylic acids is 1. The van der Waals surface area contributed by atoms with Gasteiger partial charge in [-0.25, -0.2) is 0 Å². The molecular weight excluding hydrogens is 189 g/mol. The Labute approximate surface area is 92.1 Å². The summed E-state index contributed by atoms with van der Waals surface area (Å²) >= 11 is 0. The number of rotatable bonds is 2. The summed E-state index contributed by atoms with van der Waals surface area (Å²) in [4.78, 5) is 12.9. The van der Waals surface area contributed by atoms with Crippen LogP contribution in [0, 0.1) is 0 Å². The molecule has 0 amide bonds. The average Bonchev–Trinajstić information content (AvgIpc) is 2.16. The van der Waals surface area contributed by atoms with Gasteiger partial charge >= 0.3 is 0 Å². The summed E-state index contributed by atoms with van der Waals surface area (Å²) in [7, 11) is 11.1. The van der Waals surface area contributed by atoms with E-state index in [-0.39, 0.29) is 17.9 Å². The highest BCUT2D eigenvalue weighted by atomic mass is 16.3. The molecule has 15 heavy (non-hydrogen) atoms. The Morgan fingerprint density at radius 2 is 1.93 bits per heavy atom. The van der Waals surface area contributed by atoms with Crippen LogP contribution in [0.15, 0.2) is 24.3 Å². The summed E-state index contributed by atoms with van der Waals surface area (Å²) in [6.07, 6.45) is -0.0244. The van der Waals surface area contributed by atoms with E-state index in [2.05, 4.69) is 0 Å². The number of nitrogens with zero attached hydrogens (tertiary/aromatic N) is 1. The Bertz CT molecular complexity index is 310. The van der Waals surface area contributed by atoms with Crippen molar-refractivity contribution in [2.24, 2.45) is 0 Å². The molecule has 3 nitrogen and oxygen atoms in total. The highest BCUT2D eigenvalue weighted by Crippen LogP contribution is 2.11. The van der Waals surface area contributed by atoms with Crippen LogP contribution in [0.5, 0.6) is 5.75 Å². The van der Waals surface area contributed by atoms with Gasteiger partial charge in [0.2, 0.25) is 0 Å². The van der Waals surface area contributed by atoms with Crippen molar-refractivity contribution in [3.8, 4) is 5.75 Å². The molecule has 0 saturated carbocycles. The van der Waals surface area contributed by atoms with Crippen LogP contribution in [-0.4, -0.2) is 44.8 Å². The van der Waals surface area contributed by atoms with E-state index in [1.165, 1.54) is 12.1 Å². The Morgan fingerprint density at radius 1 is 1.40 bits per heavy atom. The molecule has 0 aromatic heterocycles. The standard InChI is InChI=1S/C8H7BO2.C3H9N/c9-5-8(11)6-2-1-3-7(10)4-6;1-4(2)3/h1-4,10H,5H2;1-3H3. The molecule has 0 aliphatic carbocycles. The maximum atomic E-state index is 10.9. The highest BCUT2D eigenvalue weighted by molar-refractivity contribution is 6.24. The lowest BCUT2D eigenvalue weighted by Crippen LogP contribution is -1.99. The Hall–Kier alpha value is -1.29. The van der Waals surface area contributed by atoms with E-state index < -0.39 is 0 Å². The number of benzene rings is 1. The third kappa shape index (κ3) is 6.74. The molecule has 0 spiro atoms. The minimum Gasteiger partial charge on any atom is -0.508 e. The average molecular weight is 205 g/mol. The monoisotopic (exact) mass is 205 g/mol. The molecule has 1 N–H and O–H groups in total.